The predicted octanol–water partition coefficient (Wildman–Crippen LogP) is 4.72. The zero-order chi connectivity index (χ0) is 29.5. The molecular formula is C36H35NO4Si. The van der Waals surface area contributed by atoms with Crippen molar-refractivity contribution in [2.75, 3.05) is 21.3 Å². The van der Waals surface area contributed by atoms with Crippen LogP contribution in [-0.2, 0) is 6.54 Å². The van der Waals surface area contributed by atoms with Gasteiger partial charge in [0, 0.05) is 11.8 Å². The second-order valence-electron chi connectivity index (χ2n) is 10.1. The average Bonchev–Trinajstić information content (AvgIpc) is 3.04. The van der Waals surface area contributed by atoms with Crippen LogP contribution in [0.15, 0.2) is 120 Å². The molecule has 0 aliphatic rings. The van der Waals surface area contributed by atoms with Crippen molar-refractivity contribution < 1.29 is 19.3 Å². The fourth-order valence-electron chi connectivity index (χ4n) is 5.70. The normalized spacial score (nSPS) is 11.4. The first-order chi connectivity index (χ1) is 20.5. The van der Waals surface area contributed by atoms with Crippen LogP contribution in [-0.4, -0.2) is 40.7 Å². The first-order valence-electron chi connectivity index (χ1n) is 13.8. The molecule has 0 fully saturated rings. The third-order valence-electron chi connectivity index (χ3n) is 7.54. The third-order valence-corrected chi connectivity index (χ3v) is 12.3. The van der Waals surface area contributed by atoms with Gasteiger partial charge in [0.1, 0.15) is 5.75 Å². The molecule has 5 nitrogen and oxygen atoms in total. The standard InChI is InChI=1S/C36H35NO4Si/c1-26-20-28(25-37-24-27-22-32(39-2)36(41-4)33(23-27)40-3)35(38)34(21-26)42(29-14-8-5-9-15-29,30-16-10-6-11-17-30)31-18-12-7-13-19-31/h5-23,25,38H,24H2,1-4H3. The van der Waals surface area contributed by atoms with E-state index >= 15 is 0 Å². The largest absolute Gasteiger partial charge is 0.507 e. The molecular weight excluding hydrogens is 538 g/mol. The number of aromatic hydroxyl groups is 1. The summed E-state index contributed by atoms with van der Waals surface area (Å²) in [6.45, 7) is 2.44. The molecule has 0 aliphatic heterocycles. The highest BCUT2D eigenvalue weighted by molar-refractivity contribution is 7.20. The molecule has 5 aromatic carbocycles. The number of aliphatic imine (C=N–C) groups is 1. The average molecular weight is 574 g/mol. The molecule has 0 saturated carbocycles. The number of phenols is 1. The number of hydrogen-bond donors (Lipinski definition) is 1. The molecule has 0 heterocycles. The lowest BCUT2D eigenvalue weighted by molar-refractivity contribution is 0.324. The van der Waals surface area contributed by atoms with Crippen molar-refractivity contribution in [3.63, 3.8) is 0 Å². The lowest BCUT2D eigenvalue weighted by Crippen LogP contribution is -2.74. The third kappa shape index (κ3) is 5.41. The van der Waals surface area contributed by atoms with Gasteiger partial charge in [0.2, 0.25) is 5.75 Å². The smallest absolute Gasteiger partial charge is 0.203 e. The van der Waals surface area contributed by atoms with E-state index in [4.69, 9.17) is 19.2 Å². The minimum Gasteiger partial charge on any atom is -0.507 e. The van der Waals surface area contributed by atoms with E-state index in [1.54, 1.807) is 27.5 Å². The molecule has 0 amide bonds. The van der Waals surface area contributed by atoms with Gasteiger partial charge < -0.3 is 19.3 Å². The van der Waals surface area contributed by atoms with Gasteiger partial charge in [0.15, 0.2) is 19.6 Å². The van der Waals surface area contributed by atoms with Crippen LogP contribution in [0.25, 0.3) is 0 Å². The molecule has 0 spiro atoms. The Bertz CT molecular complexity index is 1550. The minimum atomic E-state index is -2.90. The van der Waals surface area contributed by atoms with Crippen molar-refractivity contribution in [2.45, 2.75) is 13.5 Å². The highest BCUT2D eigenvalue weighted by Gasteiger charge is 2.43. The van der Waals surface area contributed by atoms with Crippen LogP contribution in [0.3, 0.4) is 0 Å². The van der Waals surface area contributed by atoms with E-state index in [2.05, 4.69) is 85.8 Å². The van der Waals surface area contributed by atoms with Crippen LogP contribution < -0.4 is 35.0 Å². The van der Waals surface area contributed by atoms with E-state index in [9.17, 15) is 5.11 Å². The summed E-state index contributed by atoms with van der Waals surface area (Å²) in [4.78, 5) is 4.74. The molecule has 212 valence electrons. The highest BCUT2D eigenvalue weighted by atomic mass is 28.3. The zero-order valence-electron chi connectivity index (χ0n) is 24.4. The van der Waals surface area contributed by atoms with Gasteiger partial charge in [-0.3, -0.25) is 4.99 Å². The van der Waals surface area contributed by atoms with Crippen molar-refractivity contribution in [1.29, 1.82) is 0 Å². The van der Waals surface area contributed by atoms with E-state index in [-0.39, 0.29) is 5.75 Å². The number of methoxy groups -OCH3 is 3. The second kappa shape index (κ2) is 12.8. The molecule has 1 N–H and O–H groups in total. The Morgan fingerprint density at radius 3 is 1.57 bits per heavy atom. The van der Waals surface area contributed by atoms with Gasteiger partial charge in [0.05, 0.1) is 27.9 Å². The second-order valence-corrected chi connectivity index (χ2v) is 13.9. The van der Waals surface area contributed by atoms with Crippen molar-refractivity contribution >= 4 is 35.0 Å². The van der Waals surface area contributed by atoms with E-state index in [0.717, 1.165) is 16.3 Å². The monoisotopic (exact) mass is 573 g/mol. The molecule has 0 saturated heterocycles. The lowest BCUT2D eigenvalue weighted by Gasteiger charge is -2.35. The van der Waals surface area contributed by atoms with Crippen LogP contribution in [0.4, 0.5) is 0 Å². The SMILES string of the molecule is COc1cc(CN=Cc2cc(C)cc([Si](c3ccccc3)(c3ccccc3)c3ccccc3)c2O)cc(OC)c1OC. The fourth-order valence-corrected chi connectivity index (χ4v) is 10.7. The van der Waals surface area contributed by atoms with E-state index in [1.807, 2.05) is 36.4 Å². The minimum absolute atomic E-state index is 0.248. The van der Waals surface area contributed by atoms with Crippen LogP contribution in [0, 0.1) is 6.92 Å². The Balaban J connectivity index is 1.66. The molecule has 6 heteroatoms. The maximum absolute atomic E-state index is 12.0. The van der Waals surface area contributed by atoms with Crippen molar-refractivity contribution in [3.05, 3.63) is 132 Å². The topological polar surface area (TPSA) is 60.3 Å². The van der Waals surface area contributed by atoms with Crippen molar-refractivity contribution in [1.82, 2.24) is 0 Å². The van der Waals surface area contributed by atoms with E-state index < -0.39 is 8.07 Å². The van der Waals surface area contributed by atoms with Crippen LogP contribution >= 0.6 is 0 Å². The van der Waals surface area contributed by atoms with Crippen molar-refractivity contribution in [2.24, 2.45) is 4.99 Å². The van der Waals surface area contributed by atoms with E-state index in [1.165, 1.54) is 15.6 Å². The summed E-state index contributed by atoms with van der Waals surface area (Å²) in [5, 5.41) is 16.6. The number of hydrogen-bond acceptors (Lipinski definition) is 5. The molecule has 0 aliphatic carbocycles. The summed E-state index contributed by atoms with van der Waals surface area (Å²) in [5.74, 6) is 1.94. The number of nitrogens with zero attached hydrogens (tertiary/aromatic N) is 1. The Hall–Kier alpha value is -4.81. The Labute approximate surface area is 248 Å². The summed E-state index contributed by atoms with van der Waals surface area (Å²) in [7, 11) is 1.87. The maximum Gasteiger partial charge on any atom is 0.203 e. The maximum atomic E-state index is 12.0. The number of ether oxygens (including phenoxy) is 3. The Morgan fingerprint density at radius 2 is 1.14 bits per heavy atom. The summed E-state index contributed by atoms with van der Waals surface area (Å²) >= 11 is 0. The summed E-state index contributed by atoms with van der Waals surface area (Å²) in [5.41, 5.74) is 2.63. The molecule has 5 aromatic rings. The van der Waals surface area contributed by atoms with Gasteiger partial charge in [-0.25, -0.2) is 0 Å². The molecule has 0 atom stereocenters. The van der Waals surface area contributed by atoms with Crippen LogP contribution in [0.1, 0.15) is 16.7 Å². The number of rotatable bonds is 10. The molecule has 42 heavy (non-hydrogen) atoms. The Kier molecular flexibility index (Phi) is 8.74. The fraction of sp³-hybridized carbons (Fsp3) is 0.139. The zero-order valence-corrected chi connectivity index (χ0v) is 25.4. The van der Waals surface area contributed by atoms with Gasteiger partial charge >= 0.3 is 0 Å². The molecule has 5 rings (SSSR count). The predicted molar refractivity (Wildman–Crippen MR) is 174 cm³/mol. The first-order valence-corrected chi connectivity index (χ1v) is 15.8. The quantitative estimate of drug-likeness (QED) is 0.149. The van der Waals surface area contributed by atoms with E-state index in [0.29, 0.717) is 29.4 Å². The van der Waals surface area contributed by atoms with Crippen LogP contribution in [0.5, 0.6) is 23.0 Å². The summed E-state index contributed by atoms with van der Waals surface area (Å²) in [6.07, 6.45) is 1.76. The number of aryl methyl sites for hydroxylation is 1. The molecule has 0 bridgehead atoms. The van der Waals surface area contributed by atoms with Gasteiger partial charge in [-0.1, -0.05) is 103 Å². The summed E-state index contributed by atoms with van der Waals surface area (Å²) < 4.78 is 16.5. The number of phenolic OH excluding ortho intramolecular Hbond substituents is 1. The molecule has 0 unspecified atom stereocenters. The van der Waals surface area contributed by atoms with Gasteiger partial charge in [-0.05, 0) is 51.4 Å². The molecule has 0 aromatic heterocycles. The molecule has 0 radical (unpaired) electrons. The van der Waals surface area contributed by atoms with Crippen molar-refractivity contribution in [3.8, 4) is 23.0 Å². The Morgan fingerprint density at radius 1 is 0.667 bits per heavy atom. The number of benzene rings is 5. The first kappa shape index (κ1) is 28.7. The lowest BCUT2D eigenvalue weighted by atomic mass is 10.1. The van der Waals surface area contributed by atoms with Gasteiger partial charge in [0.25, 0.3) is 0 Å². The summed E-state index contributed by atoms with van der Waals surface area (Å²) in [6, 6.07) is 39.6. The van der Waals surface area contributed by atoms with Crippen LogP contribution in [0.2, 0.25) is 0 Å². The van der Waals surface area contributed by atoms with Gasteiger partial charge in [-0.15, -0.1) is 0 Å². The highest BCUT2D eigenvalue weighted by Crippen LogP contribution is 2.38. The van der Waals surface area contributed by atoms with Gasteiger partial charge in [-0.2, -0.15) is 0 Å².